The van der Waals surface area contributed by atoms with Gasteiger partial charge in [0.1, 0.15) is 13.2 Å². The molecule has 2 aromatic carbocycles. The number of ether oxygens (including phenoxy) is 2. The number of carbonyl (C=O) groups is 1. The average Bonchev–Trinajstić information content (AvgIpc) is 2.55. The van der Waals surface area contributed by atoms with Gasteiger partial charge in [0.2, 0.25) is 5.91 Å². The number of hydrogen-bond acceptors (Lipinski definition) is 4. The lowest BCUT2D eigenvalue weighted by atomic mass is 10.2. The summed E-state index contributed by atoms with van der Waals surface area (Å²) in [6.07, 6.45) is 0. The van der Waals surface area contributed by atoms with Gasteiger partial charge in [0.25, 0.3) is 0 Å². The van der Waals surface area contributed by atoms with E-state index < -0.39 is 0 Å². The van der Waals surface area contributed by atoms with Crippen LogP contribution in [-0.2, 0) is 4.79 Å². The highest BCUT2D eigenvalue weighted by Crippen LogP contribution is 2.34. The number of thioether (sulfide) groups is 1. The second-order valence-corrected chi connectivity index (χ2v) is 7.03. The molecule has 0 spiro atoms. The SMILES string of the molecule is Cc1ccc(NC(=O)CSc2ccc3c(c2)OCCO3)c(Br)c1. The molecule has 0 unspecified atom stereocenters. The van der Waals surface area contributed by atoms with E-state index in [1.807, 2.05) is 43.3 Å². The molecule has 1 heterocycles. The summed E-state index contributed by atoms with van der Waals surface area (Å²) < 4.78 is 11.9. The Bertz CT molecular complexity index is 736. The predicted molar refractivity (Wildman–Crippen MR) is 95.7 cm³/mol. The lowest BCUT2D eigenvalue weighted by Gasteiger charge is -2.18. The molecular weight excluding hydrogens is 378 g/mol. The Kier molecular flexibility index (Phi) is 5.13. The minimum Gasteiger partial charge on any atom is -0.486 e. The first-order valence-electron chi connectivity index (χ1n) is 7.20. The molecular formula is C17H16BrNO3S. The highest BCUT2D eigenvalue weighted by Gasteiger charge is 2.13. The highest BCUT2D eigenvalue weighted by molar-refractivity contribution is 9.10. The van der Waals surface area contributed by atoms with Crippen LogP contribution in [0.3, 0.4) is 0 Å². The van der Waals surface area contributed by atoms with Gasteiger partial charge in [-0.2, -0.15) is 0 Å². The van der Waals surface area contributed by atoms with Gasteiger partial charge in [-0.05, 0) is 58.7 Å². The molecule has 120 valence electrons. The van der Waals surface area contributed by atoms with Gasteiger partial charge in [0.15, 0.2) is 11.5 Å². The first-order valence-corrected chi connectivity index (χ1v) is 8.98. The summed E-state index contributed by atoms with van der Waals surface area (Å²) in [5.41, 5.74) is 1.92. The zero-order valence-corrected chi connectivity index (χ0v) is 15.0. The fraction of sp³-hybridized carbons (Fsp3) is 0.235. The number of aryl methyl sites for hydroxylation is 1. The van der Waals surface area contributed by atoms with E-state index in [1.165, 1.54) is 11.8 Å². The second kappa shape index (κ2) is 7.27. The monoisotopic (exact) mass is 393 g/mol. The Balaban J connectivity index is 1.58. The van der Waals surface area contributed by atoms with Crippen LogP contribution in [-0.4, -0.2) is 24.9 Å². The molecule has 0 saturated carbocycles. The van der Waals surface area contributed by atoms with Crippen molar-refractivity contribution in [2.24, 2.45) is 0 Å². The number of hydrogen-bond donors (Lipinski definition) is 1. The molecule has 0 fully saturated rings. The number of fused-ring (bicyclic) bond motifs is 1. The van der Waals surface area contributed by atoms with E-state index >= 15 is 0 Å². The molecule has 3 rings (SSSR count). The number of nitrogens with one attached hydrogen (secondary N) is 1. The summed E-state index contributed by atoms with van der Waals surface area (Å²) >= 11 is 4.93. The van der Waals surface area contributed by atoms with Crippen LogP contribution in [0.1, 0.15) is 5.56 Å². The van der Waals surface area contributed by atoms with Gasteiger partial charge < -0.3 is 14.8 Å². The summed E-state index contributed by atoms with van der Waals surface area (Å²) in [6.45, 7) is 3.14. The summed E-state index contributed by atoms with van der Waals surface area (Å²) in [7, 11) is 0. The van der Waals surface area contributed by atoms with Crippen LogP contribution < -0.4 is 14.8 Å². The molecule has 1 aliphatic heterocycles. The Morgan fingerprint density at radius 2 is 1.96 bits per heavy atom. The van der Waals surface area contributed by atoms with Gasteiger partial charge >= 0.3 is 0 Å². The van der Waals surface area contributed by atoms with E-state index in [9.17, 15) is 4.79 Å². The smallest absolute Gasteiger partial charge is 0.234 e. The van der Waals surface area contributed by atoms with Crippen LogP contribution in [0.4, 0.5) is 5.69 Å². The van der Waals surface area contributed by atoms with E-state index in [0.717, 1.165) is 32.1 Å². The van der Waals surface area contributed by atoms with Gasteiger partial charge in [0, 0.05) is 9.37 Å². The van der Waals surface area contributed by atoms with Crippen LogP contribution in [0.5, 0.6) is 11.5 Å². The van der Waals surface area contributed by atoms with Crippen LogP contribution in [0.15, 0.2) is 45.8 Å². The molecule has 23 heavy (non-hydrogen) atoms. The molecule has 1 aliphatic rings. The summed E-state index contributed by atoms with van der Waals surface area (Å²) in [4.78, 5) is 13.1. The molecule has 0 atom stereocenters. The molecule has 0 aliphatic carbocycles. The Labute approximate surface area is 147 Å². The van der Waals surface area contributed by atoms with Crippen molar-refractivity contribution in [3.05, 3.63) is 46.4 Å². The van der Waals surface area contributed by atoms with Gasteiger partial charge in [-0.1, -0.05) is 6.07 Å². The standard InChI is InChI=1S/C17H16BrNO3S/c1-11-2-4-14(13(18)8-11)19-17(20)10-23-12-3-5-15-16(9-12)22-7-6-21-15/h2-5,8-9H,6-7,10H2,1H3,(H,19,20). The Hall–Kier alpha value is -1.66. The molecule has 0 bridgehead atoms. The van der Waals surface area contributed by atoms with E-state index in [-0.39, 0.29) is 5.91 Å². The topological polar surface area (TPSA) is 47.6 Å². The first kappa shape index (κ1) is 16.2. The molecule has 1 amide bonds. The number of benzene rings is 2. The van der Waals surface area contributed by atoms with Crippen molar-refractivity contribution in [2.45, 2.75) is 11.8 Å². The molecule has 0 saturated heterocycles. The van der Waals surface area contributed by atoms with Gasteiger partial charge in [-0.25, -0.2) is 0 Å². The minimum atomic E-state index is -0.0468. The average molecular weight is 394 g/mol. The van der Waals surface area contributed by atoms with Crippen LogP contribution in [0, 0.1) is 6.92 Å². The molecule has 0 aromatic heterocycles. The van der Waals surface area contributed by atoms with Gasteiger partial charge in [-0.15, -0.1) is 11.8 Å². The number of amides is 1. The normalized spacial score (nSPS) is 12.8. The van der Waals surface area contributed by atoms with Gasteiger partial charge in [-0.3, -0.25) is 4.79 Å². The van der Waals surface area contributed by atoms with Crippen molar-refractivity contribution in [3.63, 3.8) is 0 Å². The number of halogens is 1. The van der Waals surface area contributed by atoms with Crippen molar-refractivity contribution in [2.75, 3.05) is 24.3 Å². The fourth-order valence-electron chi connectivity index (χ4n) is 2.17. The van der Waals surface area contributed by atoms with Gasteiger partial charge in [0.05, 0.1) is 11.4 Å². The summed E-state index contributed by atoms with van der Waals surface area (Å²) in [5, 5.41) is 2.91. The Morgan fingerprint density at radius 3 is 2.74 bits per heavy atom. The zero-order valence-electron chi connectivity index (χ0n) is 12.6. The summed E-state index contributed by atoms with van der Waals surface area (Å²) in [6, 6.07) is 11.6. The molecule has 4 nitrogen and oxygen atoms in total. The van der Waals surface area contributed by atoms with Crippen LogP contribution >= 0.6 is 27.7 Å². The molecule has 6 heteroatoms. The number of anilines is 1. The van der Waals surface area contributed by atoms with Crippen molar-refractivity contribution in [1.29, 1.82) is 0 Å². The van der Waals surface area contributed by atoms with E-state index in [1.54, 1.807) is 0 Å². The van der Waals surface area contributed by atoms with Crippen molar-refractivity contribution in [3.8, 4) is 11.5 Å². The quantitative estimate of drug-likeness (QED) is 0.788. The summed E-state index contributed by atoms with van der Waals surface area (Å²) in [5.74, 6) is 1.78. The maximum Gasteiger partial charge on any atom is 0.234 e. The fourth-order valence-corrected chi connectivity index (χ4v) is 3.49. The zero-order chi connectivity index (χ0) is 16.2. The number of carbonyl (C=O) groups excluding carboxylic acids is 1. The maximum atomic E-state index is 12.1. The molecule has 1 N–H and O–H groups in total. The Morgan fingerprint density at radius 1 is 1.17 bits per heavy atom. The van der Waals surface area contributed by atoms with Crippen LogP contribution in [0.25, 0.3) is 0 Å². The van der Waals surface area contributed by atoms with E-state index in [2.05, 4.69) is 21.2 Å². The third-order valence-corrected chi connectivity index (χ3v) is 4.93. The van der Waals surface area contributed by atoms with E-state index in [4.69, 9.17) is 9.47 Å². The largest absolute Gasteiger partial charge is 0.486 e. The van der Waals surface area contributed by atoms with Crippen LogP contribution in [0.2, 0.25) is 0 Å². The highest BCUT2D eigenvalue weighted by atomic mass is 79.9. The van der Waals surface area contributed by atoms with Crippen molar-refractivity contribution >= 4 is 39.3 Å². The van der Waals surface area contributed by atoms with E-state index in [0.29, 0.717) is 19.0 Å². The van der Waals surface area contributed by atoms with Crippen molar-refractivity contribution in [1.82, 2.24) is 0 Å². The second-order valence-electron chi connectivity index (χ2n) is 5.13. The maximum absolute atomic E-state index is 12.1. The number of rotatable bonds is 4. The van der Waals surface area contributed by atoms with Crippen molar-refractivity contribution < 1.29 is 14.3 Å². The third-order valence-electron chi connectivity index (χ3n) is 3.28. The lowest BCUT2D eigenvalue weighted by Crippen LogP contribution is -2.15. The third kappa shape index (κ3) is 4.20. The minimum absolute atomic E-state index is 0.0468. The predicted octanol–water partition coefficient (Wildman–Crippen LogP) is 4.26. The molecule has 2 aromatic rings. The first-order chi connectivity index (χ1) is 11.1. The molecule has 0 radical (unpaired) electrons. The lowest BCUT2D eigenvalue weighted by molar-refractivity contribution is -0.113.